The van der Waals surface area contributed by atoms with Crippen molar-refractivity contribution >= 4 is 44.3 Å². The summed E-state index contributed by atoms with van der Waals surface area (Å²) in [6, 6.07) is 7.84. The molecule has 1 atom stereocenters. The van der Waals surface area contributed by atoms with Crippen LogP contribution in [0.3, 0.4) is 0 Å². The number of imidazole rings is 1. The van der Waals surface area contributed by atoms with Crippen LogP contribution in [0.1, 0.15) is 13.8 Å². The van der Waals surface area contributed by atoms with Gasteiger partial charge in [-0.15, -0.1) is 0 Å². The standard InChI is InChI=1S/C23H26AsN5O3S/c1-14(2)12-25-5-6-29-22-20(21(24)26-13-27-22)28-23(29)33-19-11-18-17(31-8-9-32-18)10-15(19)16-4-3-7-30-16/h3-4,7,10-11,13-14,25H,5-6,8-9,12,24H2,1-2H3. The second kappa shape index (κ2) is 9.79. The minimum absolute atomic E-state index is 0.536. The topological polar surface area (TPSA) is 87.2 Å². The van der Waals surface area contributed by atoms with Crippen molar-refractivity contribution in [3.63, 3.8) is 0 Å². The van der Waals surface area contributed by atoms with E-state index < -0.39 is 0 Å². The number of fused-ring (bicyclic) bond motifs is 2. The van der Waals surface area contributed by atoms with Gasteiger partial charge >= 0.3 is 205 Å². The van der Waals surface area contributed by atoms with E-state index in [2.05, 4.69) is 33.7 Å². The number of rotatable bonds is 8. The SMILES string of the molecule is CC(C)CNCCn1c(Sc2cc3c(cc2-c2ccco2)OCCO3)nc2c([AsH2])ncnc21. The Morgan fingerprint density at radius 3 is 2.76 bits per heavy atom. The zero-order chi connectivity index (χ0) is 22.8. The molecule has 0 saturated heterocycles. The molecule has 1 aliphatic rings. The van der Waals surface area contributed by atoms with Crippen molar-refractivity contribution in [2.24, 2.45) is 5.92 Å². The fourth-order valence-corrected chi connectivity index (χ4v) is 5.28. The Morgan fingerprint density at radius 1 is 1.18 bits per heavy atom. The Balaban J connectivity index is 1.55. The molecule has 1 N–H and O–H groups in total. The third-order valence-corrected chi connectivity index (χ3v) is 7.16. The summed E-state index contributed by atoms with van der Waals surface area (Å²) in [6.07, 6.45) is 3.29. The van der Waals surface area contributed by atoms with E-state index in [4.69, 9.17) is 18.9 Å². The summed E-state index contributed by atoms with van der Waals surface area (Å²) in [6.45, 7) is 8.05. The quantitative estimate of drug-likeness (QED) is 0.277. The number of nitrogens with zero attached hydrogens (tertiary/aromatic N) is 4. The van der Waals surface area contributed by atoms with Crippen LogP contribution >= 0.6 is 11.8 Å². The van der Waals surface area contributed by atoms with Crippen LogP contribution in [0.4, 0.5) is 0 Å². The molecule has 0 spiro atoms. The van der Waals surface area contributed by atoms with Crippen molar-refractivity contribution in [2.75, 3.05) is 26.3 Å². The van der Waals surface area contributed by atoms with Gasteiger partial charge in [-0.2, -0.15) is 0 Å². The van der Waals surface area contributed by atoms with Crippen LogP contribution in [-0.2, 0) is 6.54 Å². The Hall–Kier alpha value is -2.48. The number of ether oxygens (including phenoxy) is 2. The van der Waals surface area contributed by atoms with E-state index in [1.807, 2.05) is 24.3 Å². The van der Waals surface area contributed by atoms with E-state index in [0.717, 1.165) is 68.2 Å². The van der Waals surface area contributed by atoms with Crippen LogP contribution in [0.5, 0.6) is 11.5 Å². The number of hydrogen-bond acceptors (Lipinski definition) is 8. The Kier molecular flexibility index (Phi) is 6.62. The maximum atomic E-state index is 5.86. The molecule has 1 aliphatic heterocycles. The molecule has 1 aromatic carbocycles. The zero-order valence-corrected chi connectivity index (χ0v) is 21.8. The average molecular weight is 527 g/mol. The van der Waals surface area contributed by atoms with E-state index in [-0.39, 0.29) is 0 Å². The van der Waals surface area contributed by atoms with Gasteiger partial charge < -0.3 is 0 Å². The summed E-state index contributed by atoms with van der Waals surface area (Å²) in [5.74, 6) is 2.83. The number of aromatic nitrogens is 4. The molecule has 0 amide bonds. The van der Waals surface area contributed by atoms with Crippen molar-refractivity contribution in [3.05, 3.63) is 36.9 Å². The first-order valence-corrected chi connectivity index (χ1v) is 13.0. The molecule has 3 aromatic heterocycles. The molecule has 0 radical (unpaired) electrons. The predicted octanol–water partition coefficient (Wildman–Crippen LogP) is 2.51. The molecule has 4 heterocycles. The van der Waals surface area contributed by atoms with Gasteiger partial charge in [0.2, 0.25) is 0 Å². The Morgan fingerprint density at radius 2 is 2.00 bits per heavy atom. The molecule has 8 nitrogen and oxygen atoms in total. The summed E-state index contributed by atoms with van der Waals surface area (Å²) in [4.78, 5) is 14.8. The van der Waals surface area contributed by atoms with Gasteiger partial charge in [0, 0.05) is 0 Å². The molecule has 10 heteroatoms. The molecule has 5 rings (SSSR count). The molecule has 0 fully saturated rings. The number of furan rings is 1. The van der Waals surface area contributed by atoms with Crippen LogP contribution in [0.2, 0.25) is 0 Å². The summed E-state index contributed by atoms with van der Waals surface area (Å²) in [7, 11) is 0. The van der Waals surface area contributed by atoms with Crippen molar-refractivity contribution in [3.8, 4) is 22.8 Å². The van der Waals surface area contributed by atoms with E-state index >= 15 is 0 Å². The first-order chi connectivity index (χ1) is 16.1. The fourth-order valence-electron chi connectivity index (χ4n) is 3.67. The first-order valence-electron chi connectivity index (χ1n) is 10.9. The van der Waals surface area contributed by atoms with E-state index in [9.17, 15) is 0 Å². The number of benzene rings is 1. The normalized spacial score (nSPS) is 13.2. The van der Waals surface area contributed by atoms with Crippen molar-refractivity contribution in [1.82, 2.24) is 24.8 Å². The monoisotopic (exact) mass is 527 g/mol. The molecule has 0 bridgehead atoms. The van der Waals surface area contributed by atoms with Gasteiger partial charge in [0.1, 0.15) is 0 Å². The Bertz CT molecular complexity index is 1260. The van der Waals surface area contributed by atoms with Crippen LogP contribution < -0.4 is 19.3 Å². The molecule has 0 saturated carbocycles. The van der Waals surface area contributed by atoms with Crippen LogP contribution in [0.25, 0.3) is 22.5 Å². The predicted molar refractivity (Wildman–Crippen MR) is 130 cm³/mol. The van der Waals surface area contributed by atoms with Crippen LogP contribution in [0.15, 0.2) is 51.3 Å². The molecule has 4 aromatic rings. The third kappa shape index (κ3) is 4.76. The fraction of sp³-hybridized carbons (Fsp3) is 0.348. The van der Waals surface area contributed by atoms with Gasteiger partial charge in [-0.1, -0.05) is 0 Å². The van der Waals surface area contributed by atoms with Crippen molar-refractivity contribution in [1.29, 1.82) is 0 Å². The van der Waals surface area contributed by atoms with E-state index in [1.165, 1.54) is 16.9 Å². The second-order valence-electron chi connectivity index (χ2n) is 8.15. The van der Waals surface area contributed by atoms with E-state index in [1.54, 1.807) is 24.4 Å². The average Bonchev–Trinajstić information content (AvgIpc) is 3.45. The van der Waals surface area contributed by atoms with Crippen LogP contribution in [0, 0.1) is 5.92 Å². The molecule has 0 aliphatic carbocycles. The van der Waals surface area contributed by atoms with Crippen molar-refractivity contribution in [2.45, 2.75) is 30.4 Å². The number of nitrogens with one attached hydrogen (secondary N) is 1. The second-order valence-corrected chi connectivity index (χ2v) is 10.3. The summed E-state index contributed by atoms with van der Waals surface area (Å²) in [5.41, 5.74) is 2.65. The summed E-state index contributed by atoms with van der Waals surface area (Å²) in [5, 5.41) is 4.38. The van der Waals surface area contributed by atoms with Crippen molar-refractivity contribution < 1.29 is 13.9 Å². The zero-order valence-electron chi connectivity index (χ0n) is 18.6. The van der Waals surface area contributed by atoms with Gasteiger partial charge in [-0.3, -0.25) is 0 Å². The summed E-state index contributed by atoms with van der Waals surface area (Å²) >= 11 is 3.02. The van der Waals surface area contributed by atoms with Gasteiger partial charge in [0.15, 0.2) is 0 Å². The minimum atomic E-state index is 0.536. The van der Waals surface area contributed by atoms with Gasteiger partial charge in [-0.05, 0) is 0 Å². The summed E-state index contributed by atoms with van der Waals surface area (Å²) < 4.78 is 20.5. The molecule has 1 unspecified atom stereocenters. The van der Waals surface area contributed by atoms with Crippen LogP contribution in [-0.4, -0.2) is 62.7 Å². The maximum absolute atomic E-state index is 5.86. The number of hydrogen-bond donors (Lipinski definition) is 1. The third-order valence-electron chi connectivity index (χ3n) is 5.22. The molecule has 172 valence electrons. The molecule has 33 heavy (non-hydrogen) atoms. The van der Waals surface area contributed by atoms with Gasteiger partial charge in [0.25, 0.3) is 0 Å². The van der Waals surface area contributed by atoms with Gasteiger partial charge in [-0.25, -0.2) is 0 Å². The van der Waals surface area contributed by atoms with E-state index in [0.29, 0.717) is 19.1 Å². The Labute approximate surface area is 205 Å². The van der Waals surface area contributed by atoms with Gasteiger partial charge in [0.05, 0.1) is 0 Å². The molecular formula is C23H26AsN5O3S. The first kappa shape index (κ1) is 22.3. The molecular weight excluding hydrogens is 501 g/mol.